The molecule has 3 rings (SSSR count). The van der Waals surface area contributed by atoms with Gasteiger partial charge in [0.1, 0.15) is 9.79 Å². The zero-order chi connectivity index (χ0) is 19.8. The Morgan fingerprint density at radius 3 is 1.63 bits per heavy atom. The molecule has 0 radical (unpaired) electrons. The Hall–Kier alpha value is -2.59. The van der Waals surface area contributed by atoms with Gasteiger partial charge in [-0.2, -0.15) is 8.42 Å². The van der Waals surface area contributed by atoms with Crippen LogP contribution in [0.1, 0.15) is 0 Å². The second-order valence-corrected chi connectivity index (χ2v) is 8.67. The van der Waals surface area contributed by atoms with Crippen LogP contribution in [0.15, 0.2) is 76.5 Å². The summed E-state index contributed by atoms with van der Waals surface area (Å²) in [5.41, 5.74) is 2.33. The van der Waals surface area contributed by atoms with Gasteiger partial charge in [-0.05, 0) is 34.4 Å². The van der Waals surface area contributed by atoms with Crippen molar-refractivity contribution in [1.29, 1.82) is 0 Å². The Labute approximate surface area is 155 Å². The molecule has 3 aromatic carbocycles. The average Bonchev–Trinajstić information content (AvgIpc) is 2.61. The van der Waals surface area contributed by atoms with Crippen LogP contribution in [0.3, 0.4) is 0 Å². The first-order chi connectivity index (χ1) is 12.6. The van der Waals surface area contributed by atoms with Crippen molar-refractivity contribution in [2.24, 2.45) is 5.14 Å². The van der Waals surface area contributed by atoms with Crippen LogP contribution in [0.25, 0.3) is 22.3 Å². The van der Waals surface area contributed by atoms with Gasteiger partial charge in [0.15, 0.2) is 5.82 Å². The minimum atomic E-state index is -4.99. The molecule has 0 amide bonds. The third-order valence-corrected chi connectivity index (χ3v) is 5.68. The van der Waals surface area contributed by atoms with Gasteiger partial charge in [-0.1, -0.05) is 54.6 Å². The summed E-state index contributed by atoms with van der Waals surface area (Å²) < 4.78 is 69.6. The smallest absolute Gasteiger partial charge is 0.282 e. The number of halogens is 1. The Bertz CT molecular complexity index is 1150. The molecular formula is C18H14FNO5S2. The maximum Gasteiger partial charge on any atom is 0.297 e. The summed E-state index contributed by atoms with van der Waals surface area (Å²) in [4.78, 5) is -2.17. The van der Waals surface area contributed by atoms with Crippen LogP contribution in [0, 0.1) is 5.82 Å². The third-order valence-electron chi connectivity index (χ3n) is 3.92. The molecule has 0 fully saturated rings. The fourth-order valence-corrected chi connectivity index (χ4v) is 3.95. The molecular weight excluding hydrogens is 393 g/mol. The van der Waals surface area contributed by atoms with Crippen molar-refractivity contribution < 1.29 is 25.8 Å². The molecule has 27 heavy (non-hydrogen) atoms. The van der Waals surface area contributed by atoms with Crippen LogP contribution >= 0.6 is 0 Å². The van der Waals surface area contributed by atoms with Crippen molar-refractivity contribution in [3.05, 3.63) is 72.5 Å². The molecule has 0 heterocycles. The lowest BCUT2D eigenvalue weighted by Crippen LogP contribution is -2.16. The number of hydrogen-bond acceptors (Lipinski definition) is 4. The van der Waals surface area contributed by atoms with E-state index < -0.39 is 35.7 Å². The number of hydrogen-bond donors (Lipinski definition) is 2. The summed E-state index contributed by atoms with van der Waals surface area (Å²) in [7, 11) is -9.54. The molecule has 0 aliphatic rings. The second kappa shape index (κ2) is 6.86. The molecule has 3 N–H and O–H groups in total. The number of nitrogens with two attached hydrogens (primary N) is 1. The molecule has 6 nitrogen and oxygen atoms in total. The van der Waals surface area contributed by atoms with Gasteiger partial charge in [-0.15, -0.1) is 0 Å². The molecule has 0 atom stereocenters. The monoisotopic (exact) mass is 407 g/mol. The number of benzene rings is 3. The van der Waals surface area contributed by atoms with Crippen molar-refractivity contribution in [2.75, 3.05) is 0 Å². The molecule has 140 valence electrons. The molecule has 0 aromatic heterocycles. The van der Waals surface area contributed by atoms with Crippen molar-refractivity contribution in [2.45, 2.75) is 9.79 Å². The van der Waals surface area contributed by atoms with Crippen LogP contribution in [-0.2, 0) is 20.1 Å². The van der Waals surface area contributed by atoms with E-state index in [4.69, 9.17) is 5.14 Å². The molecule has 0 unspecified atom stereocenters. The quantitative estimate of drug-likeness (QED) is 0.645. The maximum absolute atomic E-state index is 14.2. The maximum atomic E-state index is 14.2. The van der Waals surface area contributed by atoms with E-state index in [0.29, 0.717) is 5.56 Å². The van der Waals surface area contributed by atoms with Gasteiger partial charge in [-0.25, -0.2) is 17.9 Å². The zero-order valence-electron chi connectivity index (χ0n) is 13.7. The van der Waals surface area contributed by atoms with E-state index in [2.05, 4.69) is 0 Å². The molecule has 9 heteroatoms. The topological polar surface area (TPSA) is 115 Å². The van der Waals surface area contributed by atoms with E-state index in [0.717, 1.165) is 23.3 Å². The first-order valence-electron chi connectivity index (χ1n) is 7.57. The van der Waals surface area contributed by atoms with Gasteiger partial charge in [0.2, 0.25) is 10.0 Å². The zero-order valence-corrected chi connectivity index (χ0v) is 15.3. The van der Waals surface area contributed by atoms with E-state index >= 15 is 0 Å². The summed E-state index contributed by atoms with van der Waals surface area (Å²) in [6, 6.07) is 18.0. The minimum Gasteiger partial charge on any atom is -0.282 e. The lowest BCUT2D eigenvalue weighted by molar-refractivity contribution is 0.469. The average molecular weight is 407 g/mol. The summed E-state index contributed by atoms with van der Waals surface area (Å²) in [5, 5.41) is 4.97. The number of rotatable bonds is 4. The van der Waals surface area contributed by atoms with Crippen molar-refractivity contribution in [1.82, 2.24) is 0 Å². The normalized spacial score (nSPS) is 12.1. The van der Waals surface area contributed by atoms with Gasteiger partial charge in [-0.3, -0.25) is 4.55 Å². The number of primary sulfonamides is 1. The minimum absolute atomic E-state index is 0.0765. The van der Waals surface area contributed by atoms with Crippen LogP contribution in [0.5, 0.6) is 0 Å². The van der Waals surface area contributed by atoms with Crippen molar-refractivity contribution in [3.8, 4) is 22.3 Å². The highest BCUT2D eigenvalue weighted by Gasteiger charge is 2.26. The number of sulfonamides is 1. The summed E-state index contributed by atoms with van der Waals surface area (Å²) in [6.07, 6.45) is 0. The standard InChI is InChI=1S/C18H14FNO5S2/c19-18-16(26(20,21)22)10-15(11-17(18)27(23,24)25)14-8-6-13(7-9-14)12-4-2-1-3-5-12/h1-11H,(H2,20,21,22)(H,23,24,25). The predicted molar refractivity (Wildman–Crippen MR) is 98.5 cm³/mol. The molecule has 0 aliphatic heterocycles. The molecule has 0 aliphatic carbocycles. The highest BCUT2D eigenvalue weighted by atomic mass is 32.2. The fourth-order valence-electron chi connectivity index (χ4n) is 2.62. The second-order valence-electron chi connectivity index (χ2n) is 5.75. The van der Waals surface area contributed by atoms with Crippen LogP contribution in [0.4, 0.5) is 4.39 Å². The molecule has 0 saturated heterocycles. The first kappa shape index (κ1) is 19.2. The van der Waals surface area contributed by atoms with E-state index in [1.165, 1.54) is 0 Å². The lowest BCUT2D eigenvalue weighted by atomic mass is 10.0. The first-order valence-corrected chi connectivity index (χ1v) is 10.6. The van der Waals surface area contributed by atoms with Crippen LogP contribution in [0.2, 0.25) is 0 Å². The van der Waals surface area contributed by atoms with Gasteiger partial charge in [0.05, 0.1) is 0 Å². The van der Waals surface area contributed by atoms with E-state index in [-0.39, 0.29) is 5.56 Å². The van der Waals surface area contributed by atoms with E-state index in [9.17, 15) is 25.8 Å². The SMILES string of the molecule is NS(=O)(=O)c1cc(-c2ccc(-c3ccccc3)cc2)cc(S(=O)(=O)O)c1F. The van der Waals surface area contributed by atoms with Gasteiger partial charge in [0.25, 0.3) is 10.1 Å². The van der Waals surface area contributed by atoms with Crippen LogP contribution < -0.4 is 5.14 Å². The molecule has 0 saturated carbocycles. The van der Waals surface area contributed by atoms with Crippen LogP contribution in [-0.4, -0.2) is 21.4 Å². The third kappa shape index (κ3) is 4.06. The van der Waals surface area contributed by atoms with Gasteiger partial charge >= 0.3 is 0 Å². The lowest BCUT2D eigenvalue weighted by Gasteiger charge is -2.10. The molecule has 3 aromatic rings. The predicted octanol–water partition coefficient (Wildman–Crippen LogP) is 3.05. The highest BCUT2D eigenvalue weighted by Crippen LogP contribution is 2.31. The highest BCUT2D eigenvalue weighted by molar-refractivity contribution is 7.89. The Balaban J connectivity index is 2.17. The largest absolute Gasteiger partial charge is 0.297 e. The summed E-state index contributed by atoms with van der Waals surface area (Å²) in [5.74, 6) is -1.62. The molecule has 0 bridgehead atoms. The summed E-state index contributed by atoms with van der Waals surface area (Å²) >= 11 is 0. The molecule has 0 spiro atoms. The summed E-state index contributed by atoms with van der Waals surface area (Å²) in [6.45, 7) is 0. The van der Waals surface area contributed by atoms with E-state index in [1.807, 2.05) is 30.3 Å². The van der Waals surface area contributed by atoms with Gasteiger partial charge in [0, 0.05) is 0 Å². The van der Waals surface area contributed by atoms with Crippen molar-refractivity contribution >= 4 is 20.1 Å². The Morgan fingerprint density at radius 1 is 0.704 bits per heavy atom. The van der Waals surface area contributed by atoms with E-state index in [1.54, 1.807) is 24.3 Å². The Kier molecular flexibility index (Phi) is 4.87. The fraction of sp³-hybridized carbons (Fsp3) is 0. The van der Waals surface area contributed by atoms with Gasteiger partial charge < -0.3 is 0 Å². The van der Waals surface area contributed by atoms with Crippen molar-refractivity contribution in [3.63, 3.8) is 0 Å². The Morgan fingerprint density at radius 2 is 1.15 bits per heavy atom.